The Morgan fingerprint density at radius 3 is 2.62 bits per heavy atom. The molecule has 0 fully saturated rings. The van der Waals surface area contributed by atoms with E-state index >= 15 is 0 Å². The largest absolute Gasteiger partial charge is 1.00 e. The number of aryl methyl sites for hydroxylation is 3. The van der Waals surface area contributed by atoms with Gasteiger partial charge in [-0.15, -0.1) is 0 Å². The Morgan fingerprint density at radius 1 is 1.23 bits per heavy atom. The minimum atomic E-state index is 0. The molecule has 0 spiro atoms. The highest BCUT2D eigenvalue weighted by Gasteiger charge is 2.11. The van der Waals surface area contributed by atoms with Gasteiger partial charge < -0.3 is 24.0 Å². The van der Waals surface area contributed by atoms with Crippen molar-refractivity contribution in [1.82, 2.24) is 0 Å². The number of hydrogen-bond acceptors (Lipinski definition) is 1. The summed E-state index contributed by atoms with van der Waals surface area (Å²) in [6.45, 7) is 4.29. The van der Waals surface area contributed by atoms with Crippen LogP contribution in [0.4, 0.5) is 0 Å². The van der Waals surface area contributed by atoms with Crippen molar-refractivity contribution in [3.8, 4) is 0 Å². The fraction of sp³-hybridized carbons (Fsp3) is 0.300. The van der Waals surface area contributed by atoms with Gasteiger partial charge in [-0.1, -0.05) is 17.4 Å². The van der Waals surface area contributed by atoms with Gasteiger partial charge >= 0.3 is 0 Å². The normalized spacial score (nSPS) is 10.1. The van der Waals surface area contributed by atoms with Crippen molar-refractivity contribution in [2.45, 2.75) is 13.8 Å². The lowest BCUT2D eigenvalue weighted by Crippen LogP contribution is -3.00. The fourth-order valence-corrected chi connectivity index (χ4v) is 2.49. The maximum atomic E-state index is 2.24. The van der Waals surface area contributed by atoms with Crippen molar-refractivity contribution in [2.75, 3.05) is 0 Å². The Balaban J connectivity index is 0.000000845. The van der Waals surface area contributed by atoms with Crippen molar-refractivity contribution in [3.63, 3.8) is 0 Å². The van der Waals surface area contributed by atoms with Gasteiger partial charge in [0.05, 0.1) is 0 Å². The van der Waals surface area contributed by atoms with E-state index in [2.05, 4.69) is 43.7 Å². The summed E-state index contributed by atoms with van der Waals surface area (Å²) in [4.78, 5) is 0. The predicted molar refractivity (Wildman–Crippen MR) is 52.5 cm³/mol. The Morgan fingerprint density at radius 2 is 1.92 bits per heavy atom. The Hall–Kier alpha value is -0.160. The molecular formula is C10H12INS. The highest BCUT2D eigenvalue weighted by molar-refractivity contribution is 7.18. The molecule has 0 aliphatic carbocycles. The number of thiazole rings is 1. The summed E-state index contributed by atoms with van der Waals surface area (Å²) in [5, 5.41) is 1.36. The van der Waals surface area contributed by atoms with E-state index in [1.807, 2.05) is 11.3 Å². The SMILES string of the molecule is Cc1ccc2c(c1)sc(C)[n+]2C.[I-]. The molecule has 1 aromatic heterocycles. The minimum absolute atomic E-state index is 0. The van der Waals surface area contributed by atoms with Crippen LogP contribution < -0.4 is 28.5 Å². The smallest absolute Gasteiger partial charge is 0.234 e. The second-order valence-electron chi connectivity index (χ2n) is 3.15. The quantitative estimate of drug-likeness (QED) is 0.450. The lowest BCUT2D eigenvalue weighted by atomic mass is 10.2. The molecule has 0 aliphatic heterocycles. The molecule has 1 heterocycles. The molecule has 0 unspecified atom stereocenters. The summed E-state index contributed by atoms with van der Waals surface area (Å²) in [6, 6.07) is 6.59. The van der Waals surface area contributed by atoms with E-state index in [-0.39, 0.29) is 24.0 Å². The van der Waals surface area contributed by atoms with Crippen LogP contribution in [-0.4, -0.2) is 0 Å². The molecular weight excluding hydrogens is 293 g/mol. The summed E-state index contributed by atoms with van der Waals surface area (Å²) in [5.41, 5.74) is 2.67. The average molecular weight is 305 g/mol. The van der Waals surface area contributed by atoms with Crippen molar-refractivity contribution < 1.29 is 28.5 Å². The monoisotopic (exact) mass is 305 g/mol. The zero-order chi connectivity index (χ0) is 8.72. The highest BCUT2D eigenvalue weighted by Crippen LogP contribution is 2.20. The summed E-state index contributed by atoms with van der Waals surface area (Å²) >= 11 is 1.86. The lowest BCUT2D eigenvalue weighted by molar-refractivity contribution is -0.646. The Labute approximate surface area is 99.4 Å². The van der Waals surface area contributed by atoms with E-state index < -0.39 is 0 Å². The molecule has 0 radical (unpaired) electrons. The number of fused-ring (bicyclic) bond motifs is 1. The first-order valence-electron chi connectivity index (χ1n) is 4.04. The molecule has 0 aliphatic rings. The summed E-state index contributed by atoms with van der Waals surface area (Å²) in [5.74, 6) is 0. The number of benzene rings is 1. The maximum Gasteiger partial charge on any atom is 0.234 e. The van der Waals surface area contributed by atoms with Gasteiger partial charge in [-0.2, -0.15) is 4.57 Å². The van der Waals surface area contributed by atoms with Crippen LogP contribution in [-0.2, 0) is 7.05 Å². The lowest BCUT2D eigenvalue weighted by Gasteiger charge is -1.88. The van der Waals surface area contributed by atoms with E-state index in [9.17, 15) is 0 Å². The van der Waals surface area contributed by atoms with E-state index in [4.69, 9.17) is 0 Å². The van der Waals surface area contributed by atoms with Gasteiger partial charge in [0.1, 0.15) is 11.7 Å². The second-order valence-corrected chi connectivity index (χ2v) is 4.39. The van der Waals surface area contributed by atoms with Crippen LogP contribution in [0.1, 0.15) is 10.6 Å². The van der Waals surface area contributed by atoms with Crippen LogP contribution in [0.5, 0.6) is 0 Å². The van der Waals surface area contributed by atoms with Crippen molar-refractivity contribution in [3.05, 3.63) is 28.8 Å². The highest BCUT2D eigenvalue weighted by atomic mass is 127. The molecule has 3 heteroatoms. The van der Waals surface area contributed by atoms with Gasteiger partial charge in [0.25, 0.3) is 0 Å². The van der Waals surface area contributed by atoms with E-state index in [1.54, 1.807) is 0 Å². The number of halogens is 1. The van der Waals surface area contributed by atoms with Crippen LogP contribution in [0, 0.1) is 13.8 Å². The Bertz CT molecular complexity index is 434. The average Bonchev–Trinajstić information content (AvgIpc) is 2.28. The van der Waals surface area contributed by atoms with Crippen LogP contribution in [0.25, 0.3) is 10.2 Å². The first-order valence-corrected chi connectivity index (χ1v) is 4.86. The minimum Gasteiger partial charge on any atom is -1.00 e. The van der Waals surface area contributed by atoms with Crippen LogP contribution >= 0.6 is 11.3 Å². The molecule has 1 nitrogen and oxygen atoms in total. The van der Waals surface area contributed by atoms with Gasteiger partial charge in [0.15, 0.2) is 0 Å². The van der Waals surface area contributed by atoms with Crippen LogP contribution in [0.15, 0.2) is 18.2 Å². The third kappa shape index (κ3) is 1.86. The van der Waals surface area contributed by atoms with Gasteiger partial charge in [0, 0.05) is 13.0 Å². The molecule has 70 valence electrons. The van der Waals surface area contributed by atoms with Gasteiger partial charge in [-0.3, -0.25) is 0 Å². The molecule has 0 saturated carbocycles. The van der Waals surface area contributed by atoms with Gasteiger partial charge in [-0.25, -0.2) is 0 Å². The number of rotatable bonds is 0. The standard InChI is InChI=1S/C10H12NS.HI/c1-7-4-5-9-10(6-7)12-8(2)11(9)3;/h4-6H,1-3H3;1H/q+1;/p-1. The molecule has 0 amide bonds. The predicted octanol–water partition coefficient (Wildman–Crippen LogP) is -0.653. The van der Waals surface area contributed by atoms with E-state index in [0.717, 1.165) is 0 Å². The summed E-state index contributed by atoms with van der Waals surface area (Å²) < 4.78 is 3.62. The molecule has 2 rings (SSSR count). The van der Waals surface area contributed by atoms with E-state index in [0.29, 0.717) is 0 Å². The number of hydrogen-bond donors (Lipinski definition) is 0. The molecule has 13 heavy (non-hydrogen) atoms. The molecule has 0 atom stereocenters. The molecule has 0 saturated heterocycles. The third-order valence-corrected chi connectivity index (χ3v) is 3.32. The zero-order valence-corrected chi connectivity index (χ0v) is 10.9. The first-order chi connectivity index (χ1) is 5.68. The third-order valence-electron chi connectivity index (χ3n) is 2.21. The second kappa shape index (κ2) is 3.92. The van der Waals surface area contributed by atoms with Gasteiger partial charge in [-0.05, 0) is 18.6 Å². The first kappa shape index (κ1) is 10.9. The number of aromatic nitrogens is 1. The summed E-state index contributed by atoms with van der Waals surface area (Å²) in [6.07, 6.45) is 0. The Kier molecular flexibility index (Phi) is 3.29. The topological polar surface area (TPSA) is 3.88 Å². The van der Waals surface area contributed by atoms with Crippen molar-refractivity contribution in [1.29, 1.82) is 0 Å². The van der Waals surface area contributed by atoms with Gasteiger partial charge in [0.2, 0.25) is 10.5 Å². The molecule has 2 aromatic rings. The summed E-state index contributed by atoms with van der Waals surface area (Å²) in [7, 11) is 2.11. The van der Waals surface area contributed by atoms with Crippen LogP contribution in [0.3, 0.4) is 0 Å². The number of nitrogens with zero attached hydrogens (tertiary/aromatic N) is 1. The van der Waals surface area contributed by atoms with Crippen molar-refractivity contribution in [2.24, 2.45) is 7.05 Å². The molecule has 0 N–H and O–H groups in total. The molecule has 0 bridgehead atoms. The molecule has 1 aromatic carbocycles. The fourth-order valence-electron chi connectivity index (χ4n) is 1.38. The maximum absolute atomic E-state index is 2.24. The zero-order valence-electron chi connectivity index (χ0n) is 7.97. The van der Waals surface area contributed by atoms with E-state index in [1.165, 1.54) is 20.8 Å². The van der Waals surface area contributed by atoms with Crippen LogP contribution in [0.2, 0.25) is 0 Å². The van der Waals surface area contributed by atoms with Crippen molar-refractivity contribution >= 4 is 21.6 Å².